The molecule has 6 nitrogen and oxygen atoms in total. The number of nitrogens with zero attached hydrogens (tertiary/aromatic N) is 4. The molecular weight excluding hydrogens is 272 g/mol. The highest BCUT2D eigenvalue weighted by Crippen LogP contribution is 2.25. The number of nitrogens with two attached hydrogens (primary N) is 1. The lowest BCUT2D eigenvalue weighted by Gasteiger charge is -2.16. The molecule has 0 amide bonds. The molecule has 3 N–H and O–H groups in total. The second-order valence-electron chi connectivity index (χ2n) is 3.27. The van der Waals surface area contributed by atoms with Crippen molar-refractivity contribution in [3.8, 4) is 0 Å². The Morgan fingerprint density at radius 1 is 1.44 bits per heavy atom. The van der Waals surface area contributed by atoms with E-state index in [0.29, 0.717) is 4.60 Å². The van der Waals surface area contributed by atoms with Crippen molar-refractivity contribution >= 4 is 15.9 Å². The van der Waals surface area contributed by atoms with Crippen LogP contribution in [0, 0.1) is 0 Å². The molecular formula is C9H11BrN6. The lowest BCUT2D eigenvalue weighted by Crippen LogP contribution is -2.30. The summed E-state index contributed by atoms with van der Waals surface area (Å²) in [4.78, 5) is 3.97. The van der Waals surface area contributed by atoms with Crippen molar-refractivity contribution in [1.82, 2.24) is 25.4 Å². The SMILES string of the molecule is Cn1nnc(Br)c1C(NN)c1ccncc1. The Morgan fingerprint density at radius 3 is 2.62 bits per heavy atom. The van der Waals surface area contributed by atoms with Crippen molar-refractivity contribution in [2.24, 2.45) is 12.9 Å². The fourth-order valence-corrected chi connectivity index (χ4v) is 2.09. The smallest absolute Gasteiger partial charge is 0.153 e. The van der Waals surface area contributed by atoms with Gasteiger partial charge in [0.15, 0.2) is 4.60 Å². The molecule has 0 saturated heterocycles. The van der Waals surface area contributed by atoms with Crippen LogP contribution >= 0.6 is 15.9 Å². The maximum atomic E-state index is 5.57. The number of aryl methyl sites for hydroxylation is 1. The Kier molecular flexibility index (Phi) is 3.28. The number of hydrazine groups is 1. The van der Waals surface area contributed by atoms with Crippen LogP contribution in [0.15, 0.2) is 29.1 Å². The second kappa shape index (κ2) is 4.69. The number of aromatic nitrogens is 4. The van der Waals surface area contributed by atoms with Crippen LogP contribution in [0.3, 0.4) is 0 Å². The summed E-state index contributed by atoms with van der Waals surface area (Å²) in [7, 11) is 1.82. The van der Waals surface area contributed by atoms with E-state index in [1.165, 1.54) is 0 Å². The van der Waals surface area contributed by atoms with E-state index in [-0.39, 0.29) is 6.04 Å². The molecule has 2 heterocycles. The average Bonchev–Trinajstić information content (AvgIpc) is 2.63. The molecule has 0 spiro atoms. The van der Waals surface area contributed by atoms with Gasteiger partial charge >= 0.3 is 0 Å². The number of halogens is 1. The first-order valence-electron chi connectivity index (χ1n) is 4.65. The average molecular weight is 283 g/mol. The van der Waals surface area contributed by atoms with E-state index in [2.05, 4.69) is 36.7 Å². The summed E-state index contributed by atoms with van der Waals surface area (Å²) in [5.41, 5.74) is 4.62. The van der Waals surface area contributed by atoms with Crippen LogP contribution in [-0.2, 0) is 7.05 Å². The van der Waals surface area contributed by atoms with Gasteiger partial charge < -0.3 is 0 Å². The summed E-state index contributed by atoms with van der Waals surface area (Å²) in [5, 5.41) is 7.85. The third-order valence-corrected chi connectivity index (χ3v) is 2.87. The minimum absolute atomic E-state index is 0.169. The number of hydrogen-bond acceptors (Lipinski definition) is 5. The van der Waals surface area contributed by atoms with E-state index in [1.807, 2.05) is 19.2 Å². The monoisotopic (exact) mass is 282 g/mol. The largest absolute Gasteiger partial charge is 0.271 e. The van der Waals surface area contributed by atoms with Crippen LogP contribution in [0.4, 0.5) is 0 Å². The summed E-state index contributed by atoms with van der Waals surface area (Å²) in [6.45, 7) is 0. The van der Waals surface area contributed by atoms with Gasteiger partial charge in [0.1, 0.15) is 0 Å². The highest BCUT2D eigenvalue weighted by molar-refractivity contribution is 9.10. The third kappa shape index (κ3) is 1.97. The molecule has 0 saturated carbocycles. The molecule has 84 valence electrons. The third-order valence-electron chi connectivity index (χ3n) is 2.31. The van der Waals surface area contributed by atoms with E-state index < -0.39 is 0 Å². The highest BCUT2D eigenvalue weighted by atomic mass is 79.9. The summed E-state index contributed by atoms with van der Waals surface area (Å²) in [6.07, 6.45) is 3.44. The zero-order valence-corrected chi connectivity index (χ0v) is 10.2. The first kappa shape index (κ1) is 11.2. The van der Waals surface area contributed by atoms with Crippen molar-refractivity contribution < 1.29 is 0 Å². The van der Waals surface area contributed by atoms with Crippen LogP contribution in [0.5, 0.6) is 0 Å². The molecule has 0 aromatic carbocycles. The molecule has 16 heavy (non-hydrogen) atoms. The van der Waals surface area contributed by atoms with Gasteiger partial charge in [0, 0.05) is 19.4 Å². The number of rotatable bonds is 3. The van der Waals surface area contributed by atoms with E-state index in [1.54, 1.807) is 17.1 Å². The standard InChI is InChI=1S/C9H11BrN6/c1-16-8(9(10)14-15-16)7(13-11)6-2-4-12-5-3-6/h2-5,7,13H,11H2,1H3. The maximum absolute atomic E-state index is 5.57. The molecule has 0 fully saturated rings. The Balaban J connectivity index is 2.45. The van der Waals surface area contributed by atoms with Gasteiger partial charge in [0.25, 0.3) is 0 Å². The van der Waals surface area contributed by atoms with Crippen LogP contribution in [0.2, 0.25) is 0 Å². The Labute approximate surface area is 101 Å². The van der Waals surface area contributed by atoms with Crippen molar-refractivity contribution in [1.29, 1.82) is 0 Å². The molecule has 1 atom stereocenters. The van der Waals surface area contributed by atoms with Crippen LogP contribution < -0.4 is 11.3 Å². The van der Waals surface area contributed by atoms with Crippen molar-refractivity contribution in [3.05, 3.63) is 40.4 Å². The van der Waals surface area contributed by atoms with Crippen LogP contribution in [-0.4, -0.2) is 20.0 Å². The molecule has 2 aromatic rings. The minimum atomic E-state index is -0.169. The van der Waals surface area contributed by atoms with E-state index in [4.69, 9.17) is 5.84 Å². The van der Waals surface area contributed by atoms with Gasteiger partial charge in [-0.15, -0.1) is 5.10 Å². The summed E-state index contributed by atoms with van der Waals surface area (Å²) in [5.74, 6) is 5.57. The lowest BCUT2D eigenvalue weighted by molar-refractivity contribution is 0.569. The number of hydrogen-bond donors (Lipinski definition) is 2. The van der Waals surface area contributed by atoms with Gasteiger partial charge in [-0.3, -0.25) is 10.8 Å². The Hall–Kier alpha value is -1.31. The van der Waals surface area contributed by atoms with E-state index in [0.717, 1.165) is 11.3 Å². The fourth-order valence-electron chi connectivity index (χ4n) is 1.53. The Morgan fingerprint density at radius 2 is 2.12 bits per heavy atom. The summed E-state index contributed by atoms with van der Waals surface area (Å²) >= 11 is 3.35. The maximum Gasteiger partial charge on any atom is 0.153 e. The van der Waals surface area contributed by atoms with Crippen LogP contribution in [0.1, 0.15) is 17.3 Å². The van der Waals surface area contributed by atoms with Gasteiger partial charge in [-0.25, -0.2) is 10.1 Å². The first-order chi connectivity index (χ1) is 7.74. The van der Waals surface area contributed by atoms with Crippen molar-refractivity contribution in [2.45, 2.75) is 6.04 Å². The molecule has 2 aromatic heterocycles. The zero-order valence-electron chi connectivity index (χ0n) is 8.63. The van der Waals surface area contributed by atoms with E-state index >= 15 is 0 Å². The molecule has 7 heteroatoms. The van der Waals surface area contributed by atoms with Crippen molar-refractivity contribution in [3.63, 3.8) is 0 Å². The van der Waals surface area contributed by atoms with Gasteiger partial charge in [-0.05, 0) is 33.6 Å². The number of pyridine rings is 1. The fraction of sp³-hybridized carbons (Fsp3) is 0.222. The minimum Gasteiger partial charge on any atom is -0.271 e. The molecule has 0 aliphatic rings. The first-order valence-corrected chi connectivity index (χ1v) is 5.44. The van der Waals surface area contributed by atoms with E-state index in [9.17, 15) is 0 Å². The number of nitrogens with one attached hydrogen (secondary N) is 1. The molecule has 1 unspecified atom stereocenters. The van der Waals surface area contributed by atoms with Gasteiger partial charge in [0.05, 0.1) is 11.7 Å². The van der Waals surface area contributed by atoms with Crippen molar-refractivity contribution in [2.75, 3.05) is 0 Å². The molecule has 2 rings (SSSR count). The summed E-state index contributed by atoms with van der Waals surface area (Å²) in [6, 6.07) is 3.62. The van der Waals surface area contributed by atoms with Gasteiger partial charge in [-0.1, -0.05) is 5.21 Å². The van der Waals surface area contributed by atoms with Gasteiger partial charge in [0.2, 0.25) is 0 Å². The summed E-state index contributed by atoms with van der Waals surface area (Å²) < 4.78 is 2.35. The predicted molar refractivity (Wildman–Crippen MR) is 62.1 cm³/mol. The molecule has 0 bridgehead atoms. The zero-order chi connectivity index (χ0) is 11.5. The lowest BCUT2D eigenvalue weighted by atomic mass is 10.1. The predicted octanol–water partition coefficient (Wildman–Crippen LogP) is 0.525. The molecule has 0 aliphatic heterocycles. The second-order valence-corrected chi connectivity index (χ2v) is 4.02. The normalized spacial score (nSPS) is 12.7. The topological polar surface area (TPSA) is 81.7 Å². The highest BCUT2D eigenvalue weighted by Gasteiger charge is 2.20. The molecule has 0 radical (unpaired) electrons. The van der Waals surface area contributed by atoms with Crippen LogP contribution in [0.25, 0.3) is 0 Å². The quantitative estimate of drug-likeness (QED) is 0.634. The Bertz CT molecular complexity index is 449. The molecule has 0 aliphatic carbocycles. The van der Waals surface area contributed by atoms with Gasteiger partial charge in [-0.2, -0.15) is 0 Å².